The fourth-order valence-corrected chi connectivity index (χ4v) is 13.0. The van der Waals surface area contributed by atoms with Gasteiger partial charge >= 0.3 is 0 Å². The lowest BCUT2D eigenvalue weighted by Crippen LogP contribution is -2.25. The lowest BCUT2D eigenvalue weighted by molar-refractivity contribution is 0.401. The molecule has 0 fully saturated rings. The van der Waals surface area contributed by atoms with E-state index in [0.717, 1.165) is 5.75 Å². The number of rotatable bonds is 14. The number of fused-ring (bicyclic) bond motifs is 6. The van der Waals surface area contributed by atoms with E-state index in [-0.39, 0.29) is 5.41 Å². The summed E-state index contributed by atoms with van der Waals surface area (Å²) >= 11 is 7.64. The van der Waals surface area contributed by atoms with Crippen molar-refractivity contribution in [2.75, 3.05) is 7.11 Å². The third-order valence-electron chi connectivity index (χ3n) is 11.5. The summed E-state index contributed by atoms with van der Waals surface area (Å²) < 4.78 is 10.9. The van der Waals surface area contributed by atoms with Gasteiger partial charge in [0.2, 0.25) is 0 Å². The Morgan fingerprint density at radius 1 is 0.491 bits per heavy atom. The summed E-state index contributed by atoms with van der Waals surface area (Å²) in [5.74, 6) is 0.899. The SMILES string of the molecule is CCCCCCC1(CCCCCC)c2cc(-c3cc4cc5sccc5cc4s3)ccc2-c2ccc(-c3cc4sc(-c5ccc(OC)cc5)cc4s3)cc21. The predicted octanol–water partition coefficient (Wildman–Crippen LogP) is 16.6. The van der Waals surface area contributed by atoms with E-state index in [1.54, 1.807) is 18.2 Å². The van der Waals surface area contributed by atoms with Crippen LogP contribution in [0.4, 0.5) is 0 Å². The maximum absolute atomic E-state index is 5.40. The summed E-state index contributed by atoms with van der Waals surface area (Å²) in [7, 11) is 1.73. The van der Waals surface area contributed by atoms with Crippen LogP contribution in [0.25, 0.3) is 72.0 Å². The molecule has 53 heavy (non-hydrogen) atoms. The van der Waals surface area contributed by atoms with Crippen LogP contribution in [0, 0.1) is 0 Å². The number of ether oxygens (including phenoxy) is 1. The predicted molar refractivity (Wildman–Crippen MR) is 237 cm³/mol. The minimum Gasteiger partial charge on any atom is -0.497 e. The number of unbranched alkanes of at least 4 members (excludes halogenated alkanes) is 6. The van der Waals surface area contributed by atoms with Crippen LogP contribution in [0.15, 0.2) is 102 Å². The number of benzene rings is 4. The van der Waals surface area contributed by atoms with E-state index in [1.807, 2.05) is 45.3 Å². The fourth-order valence-electron chi connectivity index (χ4n) is 8.68. The number of hydrogen-bond acceptors (Lipinski definition) is 5. The second-order valence-corrected chi connectivity index (χ2v) is 19.1. The second-order valence-electron chi connectivity index (χ2n) is 14.9. The Morgan fingerprint density at radius 2 is 1.04 bits per heavy atom. The van der Waals surface area contributed by atoms with E-state index in [0.29, 0.717) is 0 Å². The molecule has 5 heteroatoms. The number of thiophene rings is 4. The first-order valence-corrected chi connectivity index (χ1v) is 22.8. The van der Waals surface area contributed by atoms with Crippen LogP contribution in [0.3, 0.4) is 0 Å². The molecule has 4 aromatic heterocycles. The lowest BCUT2D eigenvalue weighted by Gasteiger charge is -2.33. The third-order valence-corrected chi connectivity index (χ3v) is 15.9. The van der Waals surface area contributed by atoms with Gasteiger partial charge in [-0.15, -0.1) is 45.3 Å². The maximum Gasteiger partial charge on any atom is 0.118 e. The monoisotopic (exact) mass is 766 g/mol. The van der Waals surface area contributed by atoms with Crippen LogP contribution >= 0.6 is 45.3 Å². The molecule has 0 unspecified atom stereocenters. The van der Waals surface area contributed by atoms with E-state index >= 15 is 0 Å². The minimum atomic E-state index is 0.0354. The molecule has 0 aliphatic heterocycles. The van der Waals surface area contributed by atoms with Gasteiger partial charge in [0.1, 0.15) is 5.75 Å². The Bertz CT molecular complexity index is 2450. The zero-order valence-corrected chi connectivity index (χ0v) is 34.2. The van der Waals surface area contributed by atoms with Gasteiger partial charge in [0.25, 0.3) is 0 Å². The molecule has 0 atom stereocenters. The van der Waals surface area contributed by atoms with Gasteiger partial charge in [-0.3, -0.25) is 0 Å². The fraction of sp³-hybridized carbons (Fsp3) is 0.292. The normalized spacial score (nSPS) is 13.3. The lowest BCUT2D eigenvalue weighted by atomic mass is 9.70. The van der Waals surface area contributed by atoms with Crippen LogP contribution < -0.4 is 4.74 Å². The van der Waals surface area contributed by atoms with Crippen molar-refractivity contribution >= 4 is 74.9 Å². The topological polar surface area (TPSA) is 9.23 Å². The smallest absolute Gasteiger partial charge is 0.118 e. The Morgan fingerprint density at radius 3 is 1.64 bits per heavy atom. The quantitative estimate of drug-likeness (QED) is 0.100. The average molecular weight is 767 g/mol. The zero-order valence-electron chi connectivity index (χ0n) is 30.9. The van der Waals surface area contributed by atoms with Crippen molar-refractivity contribution in [1.82, 2.24) is 0 Å². The highest BCUT2D eigenvalue weighted by Gasteiger charge is 2.42. The standard InChI is InChI=1S/C48H46OS4/c1-4-6-8-10-21-48(22-11-9-7-5-2)39-24-32(42-28-35-27-41-34(20-23-50-41)26-43(35)51-42)14-18-37(39)38-19-15-33(25-40(38)48)45-30-47-46(53-45)29-44(52-47)31-12-16-36(49-3)17-13-31/h12-20,23-30H,4-11,21-22H2,1-3H3. The Balaban J connectivity index is 1.12. The van der Waals surface area contributed by atoms with E-state index in [1.165, 1.54) is 136 Å². The first-order chi connectivity index (χ1) is 26.1. The summed E-state index contributed by atoms with van der Waals surface area (Å²) in [6.07, 6.45) is 12.8. The molecular formula is C48H46OS4. The summed E-state index contributed by atoms with van der Waals surface area (Å²) in [5.41, 5.74) is 10.1. The van der Waals surface area contributed by atoms with Gasteiger partial charge in [0, 0.05) is 38.8 Å². The van der Waals surface area contributed by atoms with E-state index in [4.69, 9.17) is 4.74 Å². The van der Waals surface area contributed by atoms with Crippen molar-refractivity contribution in [3.8, 4) is 48.2 Å². The van der Waals surface area contributed by atoms with Gasteiger partial charge in [-0.25, -0.2) is 0 Å². The maximum atomic E-state index is 5.40. The Kier molecular flexibility index (Phi) is 9.79. The van der Waals surface area contributed by atoms with Gasteiger partial charge in [0.05, 0.1) is 7.11 Å². The molecular weight excluding hydrogens is 721 g/mol. The first-order valence-electron chi connectivity index (χ1n) is 19.5. The molecule has 0 N–H and O–H groups in total. The molecule has 0 saturated heterocycles. The highest BCUT2D eigenvalue weighted by Crippen LogP contribution is 2.56. The third kappa shape index (κ3) is 6.48. The molecule has 0 saturated carbocycles. The van der Waals surface area contributed by atoms with Crippen LogP contribution in [0.1, 0.15) is 89.2 Å². The molecule has 268 valence electrons. The van der Waals surface area contributed by atoms with E-state index in [2.05, 4.69) is 116 Å². The molecule has 0 amide bonds. The number of hydrogen-bond donors (Lipinski definition) is 0. The van der Waals surface area contributed by atoms with Gasteiger partial charge in [-0.05, 0) is 141 Å². The van der Waals surface area contributed by atoms with Crippen molar-refractivity contribution in [2.24, 2.45) is 0 Å². The summed E-state index contributed by atoms with van der Waals surface area (Å²) in [5, 5.41) is 4.93. The zero-order chi connectivity index (χ0) is 35.9. The Hall–Kier alpha value is -3.74. The highest BCUT2D eigenvalue weighted by atomic mass is 32.1. The van der Waals surface area contributed by atoms with Crippen LogP contribution in [0.2, 0.25) is 0 Å². The molecule has 0 radical (unpaired) electrons. The molecule has 1 aliphatic carbocycles. The van der Waals surface area contributed by atoms with Crippen molar-refractivity contribution in [3.63, 3.8) is 0 Å². The van der Waals surface area contributed by atoms with Crippen molar-refractivity contribution < 1.29 is 4.74 Å². The molecule has 4 aromatic carbocycles. The molecule has 0 spiro atoms. The van der Waals surface area contributed by atoms with Crippen molar-refractivity contribution in [1.29, 1.82) is 0 Å². The molecule has 1 aliphatic rings. The van der Waals surface area contributed by atoms with Crippen LogP contribution in [-0.2, 0) is 5.41 Å². The van der Waals surface area contributed by atoms with Crippen LogP contribution in [-0.4, -0.2) is 7.11 Å². The minimum absolute atomic E-state index is 0.0354. The molecule has 1 nitrogen and oxygen atoms in total. The largest absolute Gasteiger partial charge is 0.497 e. The summed E-state index contributed by atoms with van der Waals surface area (Å²) in [6, 6.07) is 37.7. The van der Waals surface area contributed by atoms with E-state index in [9.17, 15) is 0 Å². The Labute approximate surface area is 329 Å². The van der Waals surface area contributed by atoms with Crippen molar-refractivity contribution in [2.45, 2.75) is 83.5 Å². The van der Waals surface area contributed by atoms with Gasteiger partial charge in [-0.2, -0.15) is 0 Å². The molecule has 0 bridgehead atoms. The van der Waals surface area contributed by atoms with Crippen molar-refractivity contribution in [3.05, 3.63) is 114 Å². The average Bonchev–Trinajstić information content (AvgIpc) is 4.02. The first kappa shape index (κ1) is 35.0. The number of methoxy groups -OCH3 is 1. The molecule has 9 rings (SSSR count). The molecule has 8 aromatic rings. The second kappa shape index (κ2) is 14.8. The van der Waals surface area contributed by atoms with E-state index < -0.39 is 0 Å². The van der Waals surface area contributed by atoms with Gasteiger partial charge < -0.3 is 4.74 Å². The van der Waals surface area contributed by atoms with Gasteiger partial charge in [0.15, 0.2) is 0 Å². The molecule has 4 heterocycles. The van der Waals surface area contributed by atoms with Crippen LogP contribution in [0.5, 0.6) is 5.75 Å². The highest BCUT2D eigenvalue weighted by molar-refractivity contribution is 7.31. The van der Waals surface area contributed by atoms with Gasteiger partial charge in [-0.1, -0.05) is 89.5 Å². The summed E-state index contributed by atoms with van der Waals surface area (Å²) in [4.78, 5) is 4.08. The summed E-state index contributed by atoms with van der Waals surface area (Å²) in [6.45, 7) is 4.67.